The van der Waals surface area contributed by atoms with E-state index < -0.39 is 11.7 Å². The van der Waals surface area contributed by atoms with Gasteiger partial charge in [-0.15, -0.1) is 0 Å². The van der Waals surface area contributed by atoms with Crippen LogP contribution >= 0.6 is 0 Å². The van der Waals surface area contributed by atoms with Crippen LogP contribution in [0, 0.1) is 12.8 Å². The van der Waals surface area contributed by atoms with Crippen molar-refractivity contribution in [3.63, 3.8) is 0 Å². The van der Waals surface area contributed by atoms with Crippen LogP contribution in [0.2, 0.25) is 0 Å². The Morgan fingerprint density at radius 2 is 1.97 bits per heavy atom. The molecule has 162 valence electrons. The zero-order chi connectivity index (χ0) is 21.7. The van der Waals surface area contributed by atoms with Gasteiger partial charge in [0.2, 0.25) is 0 Å². The van der Waals surface area contributed by atoms with Crippen LogP contribution in [0.25, 0.3) is 0 Å². The molecule has 1 unspecified atom stereocenters. The maximum absolute atomic E-state index is 13.1. The maximum atomic E-state index is 13.1. The first-order valence-corrected chi connectivity index (χ1v) is 10.6. The van der Waals surface area contributed by atoms with Gasteiger partial charge in [0.1, 0.15) is 5.60 Å². The molecule has 1 aromatic heterocycles. The third kappa shape index (κ3) is 5.84. The highest BCUT2D eigenvalue weighted by molar-refractivity contribution is 5.95. The van der Waals surface area contributed by atoms with Gasteiger partial charge < -0.3 is 15.0 Å². The van der Waals surface area contributed by atoms with Crippen LogP contribution in [-0.4, -0.2) is 51.9 Å². The highest BCUT2D eigenvalue weighted by Crippen LogP contribution is 2.20. The summed E-state index contributed by atoms with van der Waals surface area (Å²) in [6.07, 6.45) is 3.16. The highest BCUT2D eigenvalue weighted by Gasteiger charge is 2.27. The lowest BCUT2D eigenvalue weighted by Crippen LogP contribution is -2.44. The number of carbonyl (C=O) groups excluding carboxylic acids is 2. The number of hydrogen-bond acceptors (Lipinski definition) is 4. The van der Waals surface area contributed by atoms with E-state index in [2.05, 4.69) is 22.5 Å². The van der Waals surface area contributed by atoms with Crippen molar-refractivity contribution in [2.45, 2.75) is 52.7 Å². The first-order valence-electron chi connectivity index (χ1n) is 10.6. The molecule has 0 saturated carbocycles. The Labute approximate surface area is 178 Å². The Morgan fingerprint density at radius 1 is 1.23 bits per heavy atom. The van der Waals surface area contributed by atoms with Crippen molar-refractivity contribution in [2.24, 2.45) is 5.92 Å². The second kappa shape index (κ2) is 9.32. The van der Waals surface area contributed by atoms with Crippen LogP contribution in [0.4, 0.5) is 4.79 Å². The smallest absolute Gasteiger partial charge is 0.407 e. The van der Waals surface area contributed by atoms with E-state index in [1.165, 1.54) is 0 Å². The molecule has 7 nitrogen and oxygen atoms in total. The quantitative estimate of drug-likeness (QED) is 0.814. The number of likely N-dealkylation sites (tertiary alicyclic amines) is 1. The Morgan fingerprint density at radius 3 is 2.67 bits per heavy atom. The Hall–Kier alpha value is -2.83. The van der Waals surface area contributed by atoms with Crippen molar-refractivity contribution in [3.05, 3.63) is 53.3 Å². The van der Waals surface area contributed by atoms with E-state index in [1.54, 1.807) is 6.20 Å². The molecule has 2 amide bonds. The predicted octanol–water partition coefficient (Wildman–Crippen LogP) is 3.62. The van der Waals surface area contributed by atoms with Gasteiger partial charge in [0.15, 0.2) is 0 Å². The minimum Gasteiger partial charge on any atom is -0.444 e. The van der Waals surface area contributed by atoms with Gasteiger partial charge in [0.05, 0.1) is 18.3 Å². The highest BCUT2D eigenvalue weighted by atomic mass is 16.6. The van der Waals surface area contributed by atoms with E-state index in [0.29, 0.717) is 25.2 Å². The van der Waals surface area contributed by atoms with Crippen LogP contribution < -0.4 is 5.32 Å². The van der Waals surface area contributed by atoms with E-state index in [1.807, 2.05) is 55.5 Å². The number of hydrogen-bond donors (Lipinski definition) is 1. The third-order valence-electron chi connectivity index (χ3n) is 5.25. The molecule has 1 saturated heterocycles. The molecule has 1 aliphatic heterocycles. The van der Waals surface area contributed by atoms with Crippen LogP contribution in [-0.2, 0) is 11.3 Å². The summed E-state index contributed by atoms with van der Waals surface area (Å²) in [5, 5.41) is 7.27. The number of carbonyl (C=O) groups is 2. The molecule has 1 fully saturated rings. The van der Waals surface area contributed by atoms with Gasteiger partial charge in [-0.25, -0.2) is 4.79 Å². The zero-order valence-corrected chi connectivity index (χ0v) is 18.4. The first-order chi connectivity index (χ1) is 14.2. The van der Waals surface area contributed by atoms with Crippen LogP contribution in [0.3, 0.4) is 0 Å². The van der Waals surface area contributed by atoms with Crippen molar-refractivity contribution >= 4 is 12.0 Å². The molecule has 3 rings (SSSR count). The molecule has 0 radical (unpaired) electrons. The fraction of sp³-hybridized carbons (Fsp3) is 0.522. The molecule has 1 aliphatic rings. The van der Waals surface area contributed by atoms with Crippen LogP contribution in [0.1, 0.15) is 55.2 Å². The normalized spacial score (nSPS) is 16.9. The summed E-state index contributed by atoms with van der Waals surface area (Å²) in [5.41, 5.74) is 2.15. The minimum atomic E-state index is -0.518. The number of aromatic nitrogens is 2. The van der Waals surface area contributed by atoms with Gasteiger partial charge in [0.25, 0.3) is 5.91 Å². The van der Waals surface area contributed by atoms with Crippen molar-refractivity contribution in [3.8, 4) is 0 Å². The van der Waals surface area contributed by atoms with Gasteiger partial charge >= 0.3 is 6.09 Å². The van der Waals surface area contributed by atoms with Gasteiger partial charge in [-0.05, 0) is 52.0 Å². The van der Waals surface area contributed by atoms with Gasteiger partial charge in [-0.3, -0.25) is 9.48 Å². The third-order valence-corrected chi connectivity index (χ3v) is 5.25. The lowest BCUT2D eigenvalue weighted by molar-refractivity contribution is 0.0502. The molecule has 2 heterocycles. The second-order valence-corrected chi connectivity index (χ2v) is 8.93. The number of benzene rings is 1. The number of nitrogens with one attached hydrogen (secondary N) is 1. The molecule has 30 heavy (non-hydrogen) atoms. The van der Waals surface area contributed by atoms with Crippen molar-refractivity contribution in [1.29, 1.82) is 0 Å². The lowest BCUT2D eigenvalue weighted by Gasteiger charge is -2.33. The Bertz CT molecular complexity index is 870. The summed E-state index contributed by atoms with van der Waals surface area (Å²) in [4.78, 5) is 26.9. The molecule has 7 heteroatoms. The van der Waals surface area contributed by atoms with Crippen molar-refractivity contribution in [1.82, 2.24) is 20.0 Å². The molecule has 1 N–H and O–H groups in total. The molecule has 0 aliphatic carbocycles. The molecular formula is C23H32N4O3. The van der Waals surface area contributed by atoms with Gasteiger partial charge in [0, 0.05) is 25.3 Å². The zero-order valence-electron chi connectivity index (χ0n) is 18.4. The fourth-order valence-corrected chi connectivity index (χ4v) is 3.70. The minimum absolute atomic E-state index is 0.00813. The molecule has 1 atom stereocenters. The SMILES string of the molecule is Cc1c(C(=O)N2CCCC(CNC(=O)OC(C)(C)C)C2)cnn1Cc1ccccc1. The number of piperidine rings is 1. The van der Waals surface area contributed by atoms with E-state index in [4.69, 9.17) is 4.74 Å². The van der Waals surface area contributed by atoms with Crippen molar-refractivity contribution in [2.75, 3.05) is 19.6 Å². The summed E-state index contributed by atoms with van der Waals surface area (Å²) in [7, 11) is 0. The van der Waals surface area contributed by atoms with E-state index in [9.17, 15) is 9.59 Å². The predicted molar refractivity (Wildman–Crippen MR) is 115 cm³/mol. The van der Waals surface area contributed by atoms with E-state index in [0.717, 1.165) is 30.6 Å². The van der Waals surface area contributed by atoms with E-state index >= 15 is 0 Å². The lowest BCUT2D eigenvalue weighted by atomic mass is 9.97. The largest absolute Gasteiger partial charge is 0.444 e. The average molecular weight is 413 g/mol. The molecular weight excluding hydrogens is 380 g/mol. The monoisotopic (exact) mass is 412 g/mol. The summed E-state index contributed by atoms with van der Waals surface area (Å²) in [6, 6.07) is 10.1. The summed E-state index contributed by atoms with van der Waals surface area (Å²) in [6.45, 7) is 9.96. The molecule has 2 aromatic rings. The second-order valence-electron chi connectivity index (χ2n) is 8.93. The number of ether oxygens (including phenoxy) is 1. The number of nitrogens with zero attached hydrogens (tertiary/aromatic N) is 3. The standard InChI is InChI=1S/C23H32N4O3/c1-17-20(14-25-27(17)16-18-9-6-5-7-10-18)21(28)26-12-8-11-19(15-26)13-24-22(29)30-23(2,3)4/h5-7,9-10,14,19H,8,11-13,15-16H2,1-4H3,(H,24,29). The Kier molecular flexibility index (Phi) is 6.80. The van der Waals surface area contributed by atoms with Gasteiger partial charge in [-0.1, -0.05) is 30.3 Å². The number of alkyl carbamates (subject to hydrolysis) is 1. The summed E-state index contributed by atoms with van der Waals surface area (Å²) >= 11 is 0. The average Bonchev–Trinajstić information content (AvgIpc) is 3.06. The van der Waals surface area contributed by atoms with E-state index in [-0.39, 0.29) is 11.8 Å². The maximum Gasteiger partial charge on any atom is 0.407 e. The number of amides is 2. The molecule has 0 bridgehead atoms. The number of rotatable bonds is 5. The Balaban J connectivity index is 1.58. The first kappa shape index (κ1) is 21.9. The summed E-state index contributed by atoms with van der Waals surface area (Å²) < 4.78 is 7.17. The summed E-state index contributed by atoms with van der Waals surface area (Å²) in [5.74, 6) is 0.226. The molecule has 0 spiro atoms. The van der Waals surface area contributed by atoms with Crippen LogP contribution in [0.5, 0.6) is 0 Å². The van der Waals surface area contributed by atoms with Crippen molar-refractivity contribution < 1.29 is 14.3 Å². The van der Waals surface area contributed by atoms with Crippen LogP contribution in [0.15, 0.2) is 36.5 Å². The molecule has 1 aromatic carbocycles. The topological polar surface area (TPSA) is 76.5 Å². The van der Waals surface area contributed by atoms with Gasteiger partial charge in [-0.2, -0.15) is 5.10 Å². The fourth-order valence-electron chi connectivity index (χ4n) is 3.70.